The molecule has 2 aromatic rings. The molecule has 22 heavy (non-hydrogen) atoms. The second kappa shape index (κ2) is 7.66. The van der Waals surface area contributed by atoms with Crippen molar-refractivity contribution in [1.82, 2.24) is 5.32 Å². The number of thiophene rings is 1. The molecule has 1 amide bonds. The Kier molecular flexibility index (Phi) is 5.61. The van der Waals surface area contributed by atoms with E-state index < -0.39 is 0 Å². The number of carbonyl (C=O) groups excluding carboxylic acids is 1. The minimum Gasteiger partial charge on any atom is -0.493 e. The second-order valence-corrected chi connectivity index (χ2v) is 5.69. The van der Waals surface area contributed by atoms with Gasteiger partial charge in [0.1, 0.15) is 0 Å². The molecule has 0 fully saturated rings. The summed E-state index contributed by atoms with van der Waals surface area (Å²) in [5, 5.41) is 4.89. The molecule has 1 aromatic carbocycles. The highest BCUT2D eigenvalue weighted by atomic mass is 32.1. The van der Waals surface area contributed by atoms with Crippen LogP contribution in [0.25, 0.3) is 6.08 Å². The second-order valence-electron chi connectivity index (χ2n) is 4.71. The molecule has 2 rings (SSSR count). The number of ether oxygens (including phenoxy) is 2. The minimum absolute atomic E-state index is 0.0804. The van der Waals surface area contributed by atoms with E-state index in [9.17, 15) is 4.79 Å². The lowest BCUT2D eigenvalue weighted by Gasteiger charge is -2.10. The Bertz CT molecular complexity index is 663. The zero-order valence-electron chi connectivity index (χ0n) is 12.9. The van der Waals surface area contributed by atoms with E-state index in [1.807, 2.05) is 48.7 Å². The number of benzene rings is 1. The number of carbonyl (C=O) groups is 1. The van der Waals surface area contributed by atoms with Crippen LogP contribution in [0.5, 0.6) is 11.5 Å². The monoisotopic (exact) mass is 317 g/mol. The highest BCUT2D eigenvalue weighted by Gasteiger charge is 2.07. The number of hydrogen-bond donors (Lipinski definition) is 1. The summed E-state index contributed by atoms with van der Waals surface area (Å²) < 4.78 is 10.4. The Hall–Kier alpha value is -2.27. The first-order valence-electron chi connectivity index (χ1n) is 6.85. The first-order chi connectivity index (χ1) is 10.6. The normalized spacial score (nSPS) is 11.1. The average molecular weight is 317 g/mol. The zero-order valence-corrected chi connectivity index (χ0v) is 13.7. The van der Waals surface area contributed by atoms with Gasteiger partial charge in [0, 0.05) is 17.0 Å². The first-order valence-corrected chi connectivity index (χ1v) is 7.73. The van der Waals surface area contributed by atoms with Crippen LogP contribution < -0.4 is 14.8 Å². The van der Waals surface area contributed by atoms with Crippen molar-refractivity contribution >= 4 is 23.3 Å². The third-order valence-electron chi connectivity index (χ3n) is 3.16. The van der Waals surface area contributed by atoms with Crippen LogP contribution in [0.2, 0.25) is 0 Å². The molecule has 0 saturated carbocycles. The fraction of sp³-hybridized carbons (Fsp3) is 0.235. The molecule has 5 heteroatoms. The van der Waals surface area contributed by atoms with E-state index in [0.29, 0.717) is 23.6 Å². The molecule has 0 spiro atoms. The summed E-state index contributed by atoms with van der Waals surface area (Å²) in [4.78, 5) is 13.2. The van der Waals surface area contributed by atoms with Gasteiger partial charge in [-0.2, -0.15) is 0 Å². The maximum Gasteiger partial charge on any atom is 0.247 e. The first kappa shape index (κ1) is 16.1. The summed E-state index contributed by atoms with van der Waals surface area (Å²) in [6.45, 7) is 2.25. The lowest BCUT2D eigenvalue weighted by molar-refractivity contribution is -0.117. The summed E-state index contributed by atoms with van der Waals surface area (Å²) in [7, 11) is 3.19. The van der Waals surface area contributed by atoms with Crippen molar-refractivity contribution in [2.24, 2.45) is 0 Å². The molecule has 0 bridgehead atoms. The molecule has 1 heterocycles. The molecule has 0 radical (unpaired) electrons. The largest absolute Gasteiger partial charge is 0.493 e. The highest BCUT2D eigenvalue weighted by Crippen LogP contribution is 2.27. The van der Waals surface area contributed by atoms with Gasteiger partial charge in [-0.05, 0) is 42.1 Å². The third kappa shape index (κ3) is 4.11. The topological polar surface area (TPSA) is 47.6 Å². The Balaban J connectivity index is 1.99. The lowest BCUT2D eigenvalue weighted by Crippen LogP contribution is -2.23. The van der Waals surface area contributed by atoms with Crippen molar-refractivity contribution in [1.29, 1.82) is 0 Å². The number of hydrogen-bond acceptors (Lipinski definition) is 4. The number of methoxy groups -OCH3 is 2. The summed E-state index contributed by atoms with van der Waals surface area (Å²) in [6.07, 6.45) is 1.88. The average Bonchev–Trinajstić information content (AvgIpc) is 3.05. The summed E-state index contributed by atoms with van der Waals surface area (Å²) in [5.74, 6) is 1.25. The molecule has 1 aromatic heterocycles. The van der Waals surface area contributed by atoms with Crippen molar-refractivity contribution in [3.63, 3.8) is 0 Å². The van der Waals surface area contributed by atoms with Gasteiger partial charge in [-0.25, -0.2) is 0 Å². The Morgan fingerprint density at radius 3 is 2.64 bits per heavy atom. The van der Waals surface area contributed by atoms with Gasteiger partial charge in [0.05, 0.1) is 14.2 Å². The van der Waals surface area contributed by atoms with Gasteiger partial charge in [-0.3, -0.25) is 4.79 Å². The maximum atomic E-state index is 12.1. The van der Waals surface area contributed by atoms with Crippen molar-refractivity contribution in [2.75, 3.05) is 14.2 Å². The molecule has 116 valence electrons. The fourth-order valence-corrected chi connectivity index (χ4v) is 2.68. The Morgan fingerprint density at radius 1 is 1.23 bits per heavy atom. The lowest BCUT2D eigenvalue weighted by atomic mass is 10.2. The van der Waals surface area contributed by atoms with Crippen molar-refractivity contribution in [2.45, 2.75) is 13.5 Å². The predicted molar refractivity (Wildman–Crippen MR) is 89.4 cm³/mol. The summed E-state index contributed by atoms with van der Waals surface area (Å²) in [5.41, 5.74) is 1.64. The molecule has 0 aliphatic heterocycles. The summed E-state index contributed by atoms with van der Waals surface area (Å²) in [6, 6.07) is 9.53. The van der Waals surface area contributed by atoms with E-state index in [0.717, 1.165) is 10.4 Å². The highest BCUT2D eigenvalue weighted by molar-refractivity contribution is 7.10. The van der Waals surface area contributed by atoms with Gasteiger partial charge in [0.25, 0.3) is 0 Å². The Labute approximate surface area is 134 Å². The Morgan fingerprint density at radius 2 is 2.00 bits per heavy atom. The van der Waals surface area contributed by atoms with Crippen LogP contribution in [0.4, 0.5) is 0 Å². The number of rotatable bonds is 6. The van der Waals surface area contributed by atoms with Gasteiger partial charge in [-0.1, -0.05) is 12.1 Å². The van der Waals surface area contributed by atoms with Crippen LogP contribution in [0.15, 0.2) is 41.3 Å². The quantitative estimate of drug-likeness (QED) is 0.830. The zero-order chi connectivity index (χ0) is 15.9. The smallest absolute Gasteiger partial charge is 0.247 e. The maximum absolute atomic E-state index is 12.1. The van der Waals surface area contributed by atoms with Gasteiger partial charge < -0.3 is 14.8 Å². The summed E-state index contributed by atoms with van der Waals surface area (Å²) >= 11 is 1.61. The molecular formula is C17H19NO3S. The van der Waals surface area contributed by atoms with Crippen LogP contribution in [-0.4, -0.2) is 20.1 Å². The number of nitrogens with one attached hydrogen (secondary N) is 1. The van der Waals surface area contributed by atoms with Gasteiger partial charge in [-0.15, -0.1) is 11.3 Å². The molecule has 1 N–H and O–H groups in total. The molecule has 0 unspecified atom stereocenters. The van der Waals surface area contributed by atoms with Gasteiger partial charge >= 0.3 is 0 Å². The third-order valence-corrected chi connectivity index (χ3v) is 3.98. The van der Waals surface area contributed by atoms with E-state index in [1.165, 1.54) is 0 Å². The van der Waals surface area contributed by atoms with Crippen molar-refractivity contribution in [3.05, 3.63) is 51.7 Å². The van der Waals surface area contributed by atoms with Crippen LogP contribution in [0.1, 0.15) is 17.4 Å². The van der Waals surface area contributed by atoms with Crippen molar-refractivity contribution < 1.29 is 14.3 Å². The molecule has 0 aliphatic rings. The molecule has 0 aliphatic carbocycles. The molecule has 0 saturated heterocycles. The predicted octanol–water partition coefficient (Wildman–Crippen LogP) is 3.49. The van der Waals surface area contributed by atoms with Crippen LogP contribution in [-0.2, 0) is 11.3 Å². The minimum atomic E-state index is -0.0804. The van der Waals surface area contributed by atoms with Crippen LogP contribution in [0.3, 0.4) is 0 Å². The molecule has 0 atom stereocenters. The van der Waals surface area contributed by atoms with E-state index in [4.69, 9.17) is 9.47 Å². The van der Waals surface area contributed by atoms with Crippen LogP contribution >= 0.6 is 11.3 Å². The van der Waals surface area contributed by atoms with Crippen molar-refractivity contribution in [3.8, 4) is 11.5 Å². The van der Waals surface area contributed by atoms with E-state index in [1.54, 1.807) is 25.6 Å². The standard InChI is InChI=1S/C17H19NO3S/c1-12(9-14-5-4-8-22-14)17(19)18-11-13-6-7-15(20-2)16(10-13)21-3/h4-10H,11H2,1-3H3,(H,18,19)/b12-9+. The van der Waals surface area contributed by atoms with Crippen LogP contribution in [0, 0.1) is 0 Å². The van der Waals surface area contributed by atoms with E-state index in [-0.39, 0.29) is 5.91 Å². The SMILES string of the molecule is COc1ccc(CNC(=O)/C(C)=C/c2cccs2)cc1OC. The van der Waals surface area contributed by atoms with E-state index in [2.05, 4.69) is 5.32 Å². The van der Waals surface area contributed by atoms with Gasteiger partial charge in [0.15, 0.2) is 11.5 Å². The van der Waals surface area contributed by atoms with Gasteiger partial charge in [0.2, 0.25) is 5.91 Å². The van der Waals surface area contributed by atoms with E-state index >= 15 is 0 Å². The molecule has 4 nitrogen and oxygen atoms in total. The molecular weight excluding hydrogens is 298 g/mol. The number of amides is 1. The fourth-order valence-electron chi connectivity index (χ4n) is 1.96.